The quantitative estimate of drug-likeness (QED) is 0.290. The summed E-state index contributed by atoms with van der Waals surface area (Å²) >= 11 is 0. The van der Waals surface area contributed by atoms with Gasteiger partial charge in [0.1, 0.15) is 23.2 Å². The topological polar surface area (TPSA) is 66.0 Å². The molecular weight excluding hydrogens is 417 g/mol. The van der Waals surface area contributed by atoms with Gasteiger partial charge >= 0.3 is 6.18 Å². The summed E-state index contributed by atoms with van der Waals surface area (Å²) in [6, 6.07) is 22.5. The van der Waals surface area contributed by atoms with Crippen molar-refractivity contribution >= 4 is 28.4 Å². The van der Waals surface area contributed by atoms with Gasteiger partial charge in [-0.3, -0.25) is 4.79 Å². The van der Waals surface area contributed by atoms with Gasteiger partial charge in [0.05, 0.1) is 5.56 Å². The van der Waals surface area contributed by atoms with Crippen LogP contribution in [0.1, 0.15) is 11.3 Å². The van der Waals surface area contributed by atoms with E-state index in [1.165, 1.54) is 30.3 Å². The van der Waals surface area contributed by atoms with Crippen LogP contribution in [-0.2, 0) is 11.0 Å². The number of amides is 1. The molecule has 3 aromatic carbocycles. The zero-order chi connectivity index (χ0) is 22.7. The minimum atomic E-state index is -4.47. The number of halogens is 3. The Morgan fingerprint density at radius 3 is 2.47 bits per heavy atom. The van der Waals surface area contributed by atoms with Crippen molar-refractivity contribution < 1.29 is 22.4 Å². The first-order chi connectivity index (χ1) is 15.3. The van der Waals surface area contributed by atoms with Crippen molar-refractivity contribution in [3.05, 3.63) is 95.8 Å². The normalized spacial score (nSPS) is 11.9. The number of nitrogens with zero attached hydrogens (tertiary/aromatic N) is 1. The Morgan fingerprint density at radius 1 is 0.938 bits per heavy atom. The molecule has 7 heteroatoms. The fourth-order valence-corrected chi connectivity index (χ4v) is 3.19. The van der Waals surface area contributed by atoms with Crippen molar-refractivity contribution in [1.82, 2.24) is 0 Å². The van der Waals surface area contributed by atoms with E-state index in [-0.39, 0.29) is 22.7 Å². The Kier molecular flexibility index (Phi) is 5.52. The molecule has 1 heterocycles. The molecule has 0 spiro atoms. The molecule has 0 radical (unpaired) electrons. The number of fused-ring (bicyclic) bond motifs is 1. The molecule has 0 aliphatic rings. The van der Waals surface area contributed by atoms with Gasteiger partial charge in [-0.2, -0.15) is 18.4 Å². The predicted molar refractivity (Wildman–Crippen MR) is 115 cm³/mol. The van der Waals surface area contributed by atoms with Crippen LogP contribution in [0, 0.1) is 11.3 Å². The molecule has 1 aromatic heterocycles. The first-order valence-corrected chi connectivity index (χ1v) is 9.53. The second-order valence-electron chi connectivity index (χ2n) is 6.97. The van der Waals surface area contributed by atoms with Crippen LogP contribution >= 0.6 is 0 Å². The zero-order valence-corrected chi connectivity index (χ0v) is 16.5. The van der Waals surface area contributed by atoms with E-state index in [9.17, 15) is 23.2 Å². The Balaban J connectivity index is 1.55. The van der Waals surface area contributed by atoms with Gasteiger partial charge in [0.2, 0.25) is 0 Å². The van der Waals surface area contributed by atoms with Crippen molar-refractivity contribution in [2.45, 2.75) is 6.18 Å². The Hall–Kier alpha value is -4.31. The molecule has 0 aliphatic heterocycles. The van der Waals surface area contributed by atoms with Crippen LogP contribution < -0.4 is 5.32 Å². The highest BCUT2D eigenvalue weighted by molar-refractivity contribution is 6.10. The number of carbonyl (C=O) groups is 1. The van der Waals surface area contributed by atoms with Crippen molar-refractivity contribution in [3.8, 4) is 17.4 Å². The summed E-state index contributed by atoms with van der Waals surface area (Å²) in [5.74, 6) is -0.267. The number of anilines is 1. The highest BCUT2D eigenvalue weighted by atomic mass is 19.4. The second-order valence-corrected chi connectivity index (χ2v) is 6.97. The van der Waals surface area contributed by atoms with E-state index in [0.717, 1.165) is 22.9 Å². The zero-order valence-electron chi connectivity index (χ0n) is 16.5. The standard InChI is InChI=1S/C25H15F3N2O2/c26-25(27,28)20-7-3-6-18(12-20)23-11-10-22(32-23)14-19(15-29)24(31)30-21-9-8-16-4-1-2-5-17(16)13-21/h1-14H,(H,30,31). The summed E-state index contributed by atoms with van der Waals surface area (Å²) in [7, 11) is 0. The van der Waals surface area contributed by atoms with E-state index in [1.54, 1.807) is 12.1 Å². The molecule has 0 bridgehead atoms. The first-order valence-electron chi connectivity index (χ1n) is 9.53. The van der Waals surface area contributed by atoms with Gasteiger partial charge in [0, 0.05) is 17.3 Å². The highest BCUT2D eigenvalue weighted by Gasteiger charge is 2.30. The number of rotatable bonds is 4. The number of hydrogen-bond acceptors (Lipinski definition) is 3. The SMILES string of the molecule is N#CC(=Cc1ccc(-c2cccc(C(F)(F)F)c2)o1)C(=O)Nc1ccc2ccccc2c1. The predicted octanol–water partition coefficient (Wildman–Crippen LogP) is 6.66. The second kappa shape index (κ2) is 8.44. The molecule has 0 saturated carbocycles. The fraction of sp³-hybridized carbons (Fsp3) is 0.0400. The smallest absolute Gasteiger partial charge is 0.416 e. The molecule has 32 heavy (non-hydrogen) atoms. The van der Waals surface area contributed by atoms with Gasteiger partial charge in [0.15, 0.2) is 0 Å². The maximum absolute atomic E-state index is 12.9. The van der Waals surface area contributed by atoms with E-state index in [4.69, 9.17) is 4.42 Å². The van der Waals surface area contributed by atoms with Crippen LogP contribution in [0.25, 0.3) is 28.2 Å². The third kappa shape index (κ3) is 4.55. The van der Waals surface area contributed by atoms with Crippen LogP contribution in [0.2, 0.25) is 0 Å². The molecule has 0 atom stereocenters. The van der Waals surface area contributed by atoms with Gasteiger partial charge in [-0.25, -0.2) is 0 Å². The molecule has 4 aromatic rings. The van der Waals surface area contributed by atoms with Gasteiger partial charge < -0.3 is 9.73 Å². The van der Waals surface area contributed by atoms with Crippen molar-refractivity contribution in [2.75, 3.05) is 5.32 Å². The third-order valence-electron chi connectivity index (χ3n) is 4.76. The number of benzene rings is 3. The molecule has 4 nitrogen and oxygen atoms in total. The molecule has 0 saturated heterocycles. The Bertz CT molecular complexity index is 1380. The van der Waals surface area contributed by atoms with Crippen molar-refractivity contribution in [1.29, 1.82) is 5.26 Å². The minimum absolute atomic E-state index is 0.169. The monoisotopic (exact) mass is 432 g/mol. The maximum Gasteiger partial charge on any atom is 0.416 e. The average Bonchev–Trinajstić information content (AvgIpc) is 3.25. The lowest BCUT2D eigenvalue weighted by Crippen LogP contribution is -2.13. The number of hydrogen-bond donors (Lipinski definition) is 1. The van der Waals surface area contributed by atoms with Crippen LogP contribution in [0.5, 0.6) is 0 Å². The molecule has 0 aliphatic carbocycles. The largest absolute Gasteiger partial charge is 0.457 e. The molecule has 1 N–H and O–H groups in total. The summed E-state index contributed by atoms with van der Waals surface area (Å²) in [5.41, 5.74) is -0.239. The number of nitrogens with one attached hydrogen (secondary N) is 1. The van der Waals surface area contributed by atoms with Crippen molar-refractivity contribution in [3.63, 3.8) is 0 Å². The molecule has 158 valence electrons. The molecule has 4 rings (SSSR count). The van der Waals surface area contributed by atoms with E-state index in [0.29, 0.717) is 5.69 Å². The lowest BCUT2D eigenvalue weighted by molar-refractivity contribution is -0.137. The van der Waals surface area contributed by atoms with E-state index < -0.39 is 17.6 Å². The molecule has 0 unspecified atom stereocenters. The third-order valence-corrected chi connectivity index (χ3v) is 4.76. The van der Waals surface area contributed by atoms with Gasteiger partial charge in [-0.05, 0) is 47.2 Å². The summed E-state index contributed by atoms with van der Waals surface area (Å²) < 4.78 is 44.4. The lowest BCUT2D eigenvalue weighted by Gasteiger charge is -2.07. The number of furan rings is 1. The minimum Gasteiger partial charge on any atom is -0.457 e. The molecule has 0 fully saturated rings. The number of carbonyl (C=O) groups excluding carboxylic acids is 1. The first kappa shape index (κ1) is 20.9. The summed E-state index contributed by atoms with van der Waals surface area (Å²) in [5, 5.41) is 14.0. The van der Waals surface area contributed by atoms with E-state index >= 15 is 0 Å². The highest BCUT2D eigenvalue weighted by Crippen LogP contribution is 2.33. The number of nitriles is 1. The average molecular weight is 432 g/mol. The summed E-state index contributed by atoms with van der Waals surface area (Å²) in [6.45, 7) is 0. The van der Waals surface area contributed by atoms with Crippen LogP contribution in [0.15, 0.2) is 88.9 Å². The van der Waals surface area contributed by atoms with Crippen molar-refractivity contribution in [2.24, 2.45) is 0 Å². The van der Waals surface area contributed by atoms with Crippen LogP contribution in [0.3, 0.4) is 0 Å². The number of alkyl halides is 3. The Morgan fingerprint density at radius 2 is 1.72 bits per heavy atom. The molecular formula is C25H15F3N2O2. The fourth-order valence-electron chi connectivity index (χ4n) is 3.19. The lowest BCUT2D eigenvalue weighted by atomic mass is 10.1. The van der Waals surface area contributed by atoms with E-state index in [2.05, 4.69) is 5.32 Å². The Labute approximate surface area is 181 Å². The maximum atomic E-state index is 12.9. The van der Waals surface area contributed by atoms with Crippen LogP contribution in [0.4, 0.5) is 18.9 Å². The van der Waals surface area contributed by atoms with E-state index in [1.807, 2.05) is 36.4 Å². The molecule has 1 amide bonds. The summed E-state index contributed by atoms with van der Waals surface area (Å²) in [6.07, 6.45) is -3.23. The van der Waals surface area contributed by atoms with Gasteiger partial charge in [0.25, 0.3) is 5.91 Å². The van der Waals surface area contributed by atoms with Gasteiger partial charge in [-0.1, -0.05) is 42.5 Å². The van der Waals surface area contributed by atoms with Gasteiger partial charge in [-0.15, -0.1) is 0 Å². The van der Waals surface area contributed by atoms with Crippen LogP contribution in [-0.4, -0.2) is 5.91 Å². The summed E-state index contributed by atoms with van der Waals surface area (Å²) in [4.78, 5) is 12.5.